The number of hydrogen-bond donors (Lipinski definition) is 2. The van der Waals surface area contributed by atoms with Gasteiger partial charge in [-0.15, -0.1) is 0 Å². The van der Waals surface area contributed by atoms with E-state index in [2.05, 4.69) is 15.6 Å². The highest BCUT2D eigenvalue weighted by molar-refractivity contribution is 6.32. The van der Waals surface area contributed by atoms with Gasteiger partial charge < -0.3 is 20.3 Å². The summed E-state index contributed by atoms with van der Waals surface area (Å²) in [5, 5.41) is 5.28. The average Bonchev–Trinajstić information content (AvgIpc) is 2.71. The average molecular weight is 457 g/mol. The molecule has 31 heavy (non-hydrogen) atoms. The highest BCUT2D eigenvalue weighted by Crippen LogP contribution is 2.34. The monoisotopic (exact) mass is 456 g/mol. The van der Waals surface area contributed by atoms with Crippen molar-refractivity contribution in [3.8, 4) is 5.75 Å². The van der Waals surface area contributed by atoms with E-state index in [9.17, 15) is 22.8 Å². The van der Waals surface area contributed by atoms with Crippen molar-refractivity contribution in [3.63, 3.8) is 0 Å². The molecule has 11 heteroatoms. The minimum atomic E-state index is -4.52. The number of carbonyl (C=O) groups is 2. The highest BCUT2D eigenvalue weighted by Gasteiger charge is 2.32. The number of benzene rings is 1. The molecule has 166 valence electrons. The molecule has 1 aromatic heterocycles. The number of carbonyl (C=O) groups excluding carboxylic acids is 2. The number of nitrogens with zero attached hydrogens (tertiary/aromatic N) is 2. The molecule has 1 unspecified atom stereocenters. The molecule has 0 spiro atoms. The summed E-state index contributed by atoms with van der Waals surface area (Å²) >= 11 is 5.82. The topological polar surface area (TPSA) is 83.6 Å². The van der Waals surface area contributed by atoms with Gasteiger partial charge in [0.2, 0.25) is 5.91 Å². The number of amides is 2. The molecule has 2 heterocycles. The number of para-hydroxylation sites is 2. The van der Waals surface area contributed by atoms with Crippen LogP contribution < -0.4 is 20.3 Å². The first-order chi connectivity index (χ1) is 14.7. The minimum Gasteiger partial charge on any atom is -0.479 e. The molecule has 2 N–H and O–H groups in total. The predicted octanol–water partition coefficient (Wildman–Crippen LogP) is 3.49. The zero-order valence-electron chi connectivity index (χ0n) is 16.5. The second-order valence-corrected chi connectivity index (χ2v) is 7.20. The molecule has 2 amide bonds. The number of halogens is 4. The third kappa shape index (κ3) is 5.57. The fourth-order valence-electron chi connectivity index (χ4n) is 3.00. The molecule has 0 fully saturated rings. The van der Waals surface area contributed by atoms with Crippen molar-refractivity contribution in [1.29, 1.82) is 0 Å². The van der Waals surface area contributed by atoms with Gasteiger partial charge in [-0.25, -0.2) is 4.98 Å². The van der Waals surface area contributed by atoms with Gasteiger partial charge in [-0.1, -0.05) is 23.7 Å². The van der Waals surface area contributed by atoms with Crippen LogP contribution in [0.4, 0.5) is 24.7 Å². The molecule has 1 atom stereocenters. The van der Waals surface area contributed by atoms with Crippen molar-refractivity contribution in [2.24, 2.45) is 0 Å². The molecule has 0 aliphatic carbocycles. The molecule has 3 rings (SSSR count). The van der Waals surface area contributed by atoms with Crippen LogP contribution in [-0.4, -0.2) is 42.5 Å². The lowest BCUT2D eigenvalue weighted by Crippen LogP contribution is -2.46. The van der Waals surface area contributed by atoms with E-state index in [-0.39, 0.29) is 48.7 Å². The summed E-state index contributed by atoms with van der Waals surface area (Å²) in [5.41, 5.74) is -0.326. The molecule has 2 aromatic rings. The summed E-state index contributed by atoms with van der Waals surface area (Å²) in [4.78, 5) is 29.7. The number of fused-ring (bicyclic) bond motifs is 1. The molecular formula is C20H20ClF3N4O3. The fraction of sp³-hybridized carbons (Fsp3) is 0.350. The van der Waals surface area contributed by atoms with Crippen LogP contribution in [0.1, 0.15) is 18.9 Å². The summed E-state index contributed by atoms with van der Waals surface area (Å²) in [6, 6.07) is 7.88. The minimum absolute atomic E-state index is 0.0755. The van der Waals surface area contributed by atoms with Crippen molar-refractivity contribution in [1.82, 2.24) is 10.3 Å². The third-order valence-corrected chi connectivity index (χ3v) is 4.83. The van der Waals surface area contributed by atoms with E-state index < -0.39 is 17.8 Å². The van der Waals surface area contributed by atoms with Crippen LogP contribution in [0.15, 0.2) is 36.5 Å². The van der Waals surface area contributed by atoms with E-state index in [0.29, 0.717) is 17.6 Å². The zero-order valence-corrected chi connectivity index (χ0v) is 17.3. The van der Waals surface area contributed by atoms with Gasteiger partial charge in [-0.2, -0.15) is 13.2 Å². The van der Waals surface area contributed by atoms with Gasteiger partial charge in [0.05, 0.1) is 16.3 Å². The number of pyridine rings is 1. The Morgan fingerprint density at radius 1 is 1.29 bits per heavy atom. The van der Waals surface area contributed by atoms with Crippen molar-refractivity contribution in [2.75, 3.05) is 29.9 Å². The van der Waals surface area contributed by atoms with Crippen molar-refractivity contribution >= 4 is 34.9 Å². The van der Waals surface area contributed by atoms with Crippen LogP contribution in [0, 0.1) is 0 Å². The molecule has 1 aliphatic heterocycles. The molecule has 0 radical (unpaired) electrons. The smallest absolute Gasteiger partial charge is 0.417 e. The number of nitrogens with one attached hydrogen (secondary N) is 2. The maximum Gasteiger partial charge on any atom is 0.417 e. The quantitative estimate of drug-likeness (QED) is 0.623. The molecule has 0 saturated carbocycles. The maximum atomic E-state index is 12.6. The third-order valence-electron chi connectivity index (χ3n) is 4.54. The van der Waals surface area contributed by atoms with E-state index >= 15 is 0 Å². The zero-order chi connectivity index (χ0) is 22.6. The van der Waals surface area contributed by atoms with E-state index in [1.807, 2.05) is 0 Å². The largest absolute Gasteiger partial charge is 0.479 e. The normalized spacial score (nSPS) is 15.8. The van der Waals surface area contributed by atoms with Crippen LogP contribution in [0.25, 0.3) is 0 Å². The van der Waals surface area contributed by atoms with Gasteiger partial charge in [0.1, 0.15) is 11.6 Å². The Kier molecular flexibility index (Phi) is 6.89. The summed E-state index contributed by atoms with van der Waals surface area (Å²) < 4.78 is 43.5. The number of aromatic nitrogens is 1. The molecular weight excluding hydrogens is 437 g/mol. The van der Waals surface area contributed by atoms with Crippen LogP contribution in [0.2, 0.25) is 5.02 Å². The lowest BCUT2D eigenvalue weighted by molar-refractivity contribution is -0.137. The lowest BCUT2D eigenvalue weighted by Gasteiger charge is -2.32. The molecule has 1 aromatic carbocycles. The van der Waals surface area contributed by atoms with Gasteiger partial charge in [-0.3, -0.25) is 9.59 Å². The van der Waals surface area contributed by atoms with E-state index in [1.54, 1.807) is 31.2 Å². The number of rotatable bonds is 7. The van der Waals surface area contributed by atoms with Gasteiger partial charge in [0.15, 0.2) is 6.10 Å². The second kappa shape index (κ2) is 9.42. The van der Waals surface area contributed by atoms with Gasteiger partial charge in [0, 0.05) is 32.3 Å². The Labute approximate surface area is 181 Å². The molecule has 0 saturated heterocycles. The van der Waals surface area contributed by atoms with E-state index in [1.165, 1.54) is 4.90 Å². The summed E-state index contributed by atoms with van der Waals surface area (Å²) in [6.45, 7) is 2.24. The highest BCUT2D eigenvalue weighted by atomic mass is 35.5. The summed E-state index contributed by atoms with van der Waals surface area (Å²) in [6.07, 6.45) is -4.40. The van der Waals surface area contributed by atoms with Crippen molar-refractivity contribution < 1.29 is 27.5 Å². The van der Waals surface area contributed by atoms with Crippen molar-refractivity contribution in [2.45, 2.75) is 25.6 Å². The van der Waals surface area contributed by atoms with Crippen molar-refractivity contribution in [3.05, 3.63) is 47.1 Å². The summed E-state index contributed by atoms with van der Waals surface area (Å²) in [7, 11) is 0. The van der Waals surface area contributed by atoms with Crippen LogP contribution in [0.5, 0.6) is 5.75 Å². The predicted molar refractivity (Wildman–Crippen MR) is 109 cm³/mol. The number of alkyl halides is 3. The van der Waals surface area contributed by atoms with Crippen LogP contribution >= 0.6 is 11.6 Å². The number of anilines is 2. The second-order valence-electron chi connectivity index (χ2n) is 6.80. The maximum absolute atomic E-state index is 12.6. The first-order valence-electron chi connectivity index (χ1n) is 9.47. The van der Waals surface area contributed by atoms with E-state index in [0.717, 1.165) is 6.07 Å². The SMILES string of the molecule is CC1Oc2ccccc2N(CCC(=O)NCCNc2ncc(C(F)(F)F)cc2Cl)C1=O. The molecule has 0 bridgehead atoms. The van der Waals surface area contributed by atoms with Gasteiger partial charge in [0.25, 0.3) is 5.91 Å². The number of hydrogen-bond acceptors (Lipinski definition) is 5. The number of ether oxygens (including phenoxy) is 1. The summed E-state index contributed by atoms with van der Waals surface area (Å²) in [5.74, 6) is 0.169. The standard InChI is InChI=1S/C20H20ClF3N4O3/c1-12-19(30)28(15-4-2-3-5-16(15)31-12)9-6-17(29)25-7-8-26-18-14(21)10-13(11-27-18)20(22,23)24/h2-5,10-12H,6-9H2,1H3,(H,25,29)(H,26,27). The first-order valence-corrected chi connectivity index (χ1v) is 9.85. The Balaban J connectivity index is 1.46. The van der Waals surface area contributed by atoms with Gasteiger partial charge in [-0.05, 0) is 25.1 Å². The fourth-order valence-corrected chi connectivity index (χ4v) is 3.23. The molecule has 1 aliphatic rings. The lowest BCUT2D eigenvalue weighted by atomic mass is 10.1. The Hall–Kier alpha value is -3.01. The Bertz CT molecular complexity index is 971. The van der Waals surface area contributed by atoms with Gasteiger partial charge >= 0.3 is 6.18 Å². The van der Waals surface area contributed by atoms with E-state index in [4.69, 9.17) is 16.3 Å². The van der Waals surface area contributed by atoms with Crippen LogP contribution in [-0.2, 0) is 15.8 Å². The first kappa shape index (κ1) is 22.7. The Morgan fingerprint density at radius 2 is 2.03 bits per heavy atom. The van der Waals surface area contributed by atoms with Crippen LogP contribution in [0.3, 0.4) is 0 Å². The Morgan fingerprint density at radius 3 is 2.74 bits per heavy atom. The molecule has 7 nitrogen and oxygen atoms in total.